The monoisotopic (exact) mass is 225 g/mol. The first kappa shape index (κ1) is 12.4. The van der Waals surface area contributed by atoms with Crippen LogP contribution >= 0.6 is 0 Å². The van der Waals surface area contributed by atoms with Gasteiger partial charge in [-0.05, 0) is 12.8 Å². The molecule has 1 aliphatic rings. The van der Waals surface area contributed by atoms with Crippen LogP contribution in [0.4, 0.5) is 0 Å². The van der Waals surface area contributed by atoms with E-state index in [0.717, 1.165) is 0 Å². The van der Waals surface area contributed by atoms with Gasteiger partial charge in [0.1, 0.15) is 0 Å². The number of aliphatic hydroxyl groups excluding tert-OH is 1. The van der Waals surface area contributed by atoms with E-state index in [0.29, 0.717) is 18.5 Å². The molecule has 88 valence electrons. The average Bonchev–Trinajstić information content (AvgIpc) is 2.24. The van der Waals surface area contributed by atoms with Gasteiger partial charge in [0.15, 0.2) is 5.76 Å². The third kappa shape index (κ3) is 2.92. The smallest absolute Gasteiger partial charge is 0.302 e. The number of rotatable bonds is 4. The Morgan fingerprint density at radius 2 is 2.31 bits per heavy atom. The second-order valence-electron chi connectivity index (χ2n) is 3.53. The molecule has 1 heterocycles. The maximum atomic E-state index is 11.6. The standard InChI is InChI=1S/C11H15NO4/c1-3-9-11(15)10(14)8(6-12-9)4-5-16-7(2)13/h6,8,15H,3-5H2,1-2H3. The molecular weight excluding hydrogens is 210 g/mol. The van der Waals surface area contributed by atoms with E-state index in [-0.39, 0.29) is 24.1 Å². The SMILES string of the molecule is CCC1=C(O)C(=O)C(CCOC(C)=O)C=N1. The van der Waals surface area contributed by atoms with E-state index >= 15 is 0 Å². The summed E-state index contributed by atoms with van der Waals surface area (Å²) in [6.07, 6.45) is 2.37. The Balaban J connectivity index is 2.55. The van der Waals surface area contributed by atoms with Crippen LogP contribution in [0.5, 0.6) is 0 Å². The van der Waals surface area contributed by atoms with Gasteiger partial charge in [-0.25, -0.2) is 0 Å². The molecule has 0 fully saturated rings. The summed E-state index contributed by atoms with van der Waals surface area (Å²) in [7, 11) is 0. The predicted molar refractivity (Wildman–Crippen MR) is 58.2 cm³/mol. The summed E-state index contributed by atoms with van der Waals surface area (Å²) < 4.78 is 4.73. The van der Waals surface area contributed by atoms with Gasteiger partial charge in [-0.1, -0.05) is 6.92 Å². The van der Waals surface area contributed by atoms with Gasteiger partial charge in [0.2, 0.25) is 5.78 Å². The lowest BCUT2D eigenvalue weighted by Gasteiger charge is -2.16. The van der Waals surface area contributed by atoms with Gasteiger partial charge in [-0.3, -0.25) is 14.6 Å². The fourth-order valence-electron chi connectivity index (χ4n) is 1.42. The minimum absolute atomic E-state index is 0.159. The zero-order chi connectivity index (χ0) is 12.1. The zero-order valence-electron chi connectivity index (χ0n) is 9.40. The number of esters is 1. The van der Waals surface area contributed by atoms with Crippen molar-refractivity contribution >= 4 is 18.0 Å². The normalized spacial score (nSPS) is 20.1. The summed E-state index contributed by atoms with van der Waals surface area (Å²) >= 11 is 0. The van der Waals surface area contributed by atoms with Gasteiger partial charge in [0.05, 0.1) is 18.2 Å². The van der Waals surface area contributed by atoms with Crippen molar-refractivity contribution in [1.82, 2.24) is 0 Å². The van der Waals surface area contributed by atoms with Crippen LogP contribution in [0.1, 0.15) is 26.7 Å². The number of ketones is 1. The van der Waals surface area contributed by atoms with Gasteiger partial charge < -0.3 is 9.84 Å². The van der Waals surface area contributed by atoms with Gasteiger partial charge in [0.25, 0.3) is 0 Å². The lowest BCUT2D eigenvalue weighted by atomic mass is 9.97. The number of carbonyl (C=O) groups excluding carboxylic acids is 2. The Labute approximate surface area is 93.8 Å². The molecule has 1 unspecified atom stereocenters. The summed E-state index contributed by atoms with van der Waals surface area (Å²) in [5, 5.41) is 9.52. The molecule has 1 aliphatic heterocycles. The van der Waals surface area contributed by atoms with E-state index in [4.69, 9.17) is 4.74 Å². The van der Waals surface area contributed by atoms with Gasteiger partial charge in [-0.2, -0.15) is 0 Å². The summed E-state index contributed by atoms with van der Waals surface area (Å²) in [4.78, 5) is 26.2. The molecule has 0 spiro atoms. The number of Topliss-reactive ketones (excluding diaryl/α,β-unsaturated/α-hetero) is 1. The first-order valence-electron chi connectivity index (χ1n) is 5.20. The van der Waals surface area contributed by atoms with Crippen molar-refractivity contribution in [3.05, 3.63) is 11.5 Å². The van der Waals surface area contributed by atoms with Crippen LogP contribution in [0.25, 0.3) is 0 Å². The number of nitrogens with zero attached hydrogens (tertiary/aromatic N) is 1. The van der Waals surface area contributed by atoms with E-state index in [1.807, 2.05) is 6.92 Å². The fourth-order valence-corrected chi connectivity index (χ4v) is 1.42. The van der Waals surface area contributed by atoms with E-state index in [9.17, 15) is 14.7 Å². The minimum Gasteiger partial charge on any atom is -0.503 e. The van der Waals surface area contributed by atoms with Gasteiger partial charge in [0, 0.05) is 13.1 Å². The molecular formula is C11H15NO4. The van der Waals surface area contributed by atoms with E-state index < -0.39 is 5.92 Å². The zero-order valence-corrected chi connectivity index (χ0v) is 9.40. The third-order valence-electron chi connectivity index (χ3n) is 2.32. The molecule has 0 aromatic carbocycles. The lowest BCUT2D eigenvalue weighted by Crippen LogP contribution is -2.24. The predicted octanol–water partition coefficient (Wildman–Crippen LogP) is 1.39. The van der Waals surface area contributed by atoms with E-state index in [1.165, 1.54) is 13.1 Å². The number of aliphatic imine (C=N–C) groups is 1. The van der Waals surface area contributed by atoms with Crippen LogP contribution in [-0.2, 0) is 14.3 Å². The van der Waals surface area contributed by atoms with Gasteiger partial charge in [-0.15, -0.1) is 0 Å². The van der Waals surface area contributed by atoms with Crippen molar-refractivity contribution in [3.8, 4) is 0 Å². The number of carbonyl (C=O) groups is 2. The Morgan fingerprint density at radius 3 is 2.88 bits per heavy atom. The molecule has 16 heavy (non-hydrogen) atoms. The largest absolute Gasteiger partial charge is 0.503 e. The Morgan fingerprint density at radius 1 is 1.62 bits per heavy atom. The molecule has 0 amide bonds. The first-order valence-corrected chi connectivity index (χ1v) is 5.20. The topological polar surface area (TPSA) is 76.0 Å². The molecule has 5 nitrogen and oxygen atoms in total. The highest BCUT2D eigenvalue weighted by Gasteiger charge is 2.26. The number of allylic oxidation sites excluding steroid dienone is 2. The first-order chi connectivity index (χ1) is 7.56. The van der Waals surface area contributed by atoms with Crippen molar-refractivity contribution in [1.29, 1.82) is 0 Å². The highest BCUT2D eigenvalue weighted by atomic mass is 16.5. The summed E-state index contributed by atoms with van der Waals surface area (Å²) in [6, 6.07) is 0. The second kappa shape index (κ2) is 5.44. The van der Waals surface area contributed by atoms with Crippen LogP contribution in [-0.4, -0.2) is 29.7 Å². The Hall–Kier alpha value is -1.65. The van der Waals surface area contributed by atoms with Crippen molar-refractivity contribution in [2.24, 2.45) is 10.9 Å². The molecule has 0 saturated heterocycles. The maximum absolute atomic E-state index is 11.6. The van der Waals surface area contributed by atoms with Crippen LogP contribution in [0.2, 0.25) is 0 Å². The number of hydrogen-bond acceptors (Lipinski definition) is 5. The van der Waals surface area contributed by atoms with Crippen molar-refractivity contribution in [2.45, 2.75) is 26.7 Å². The molecule has 1 N–H and O–H groups in total. The van der Waals surface area contributed by atoms with Crippen LogP contribution in [0.3, 0.4) is 0 Å². The molecule has 0 aromatic heterocycles. The van der Waals surface area contributed by atoms with Crippen LogP contribution < -0.4 is 0 Å². The fraction of sp³-hybridized carbons (Fsp3) is 0.545. The van der Waals surface area contributed by atoms with Crippen LogP contribution in [0.15, 0.2) is 16.4 Å². The molecule has 0 aromatic rings. The van der Waals surface area contributed by atoms with Crippen molar-refractivity contribution < 1.29 is 19.4 Å². The van der Waals surface area contributed by atoms with Gasteiger partial charge >= 0.3 is 5.97 Å². The Kier molecular flexibility index (Phi) is 4.22. The quantitative estimate of drug-likeness (QED) is 0.733. The number of hydrogen-bond donors (Lipinski definition) is 1. The maximum Gasteiger partial charge on any atom is 0.302 e. The molecule has 0 radical (unpaired) electrons. The molecule has 5 heteroatoms. The van der Waals surface area contributed by atoms with E-state index in [1.54, 1.807) is 0 Å². The molecule has 0 bridgehead atoms. The van der Waals surface area contributed by atoms with E-state index in [2.05, 4.69) is 4.99 Å². The number of ether oxygens (including phenoxy) is 1. The highest BCUT2D eigenvalue weighted by Crippen LogP contribution is 2.19. The third-order valence-corrected chi connectivity index (χ3v) is 2.32. The van der Waals surface area contributed by atoms with Crippen molar-refractivity contribution in [3.63, 3.8) is 0 Å². The summed E-state index contributed by atoms with van der Waals surface area (Å²) in [6.45, 7) is 3.28. The second-order valence-corrected chi connectivity index (χ2v) is 3.53. The highest BCUT2D eigenvalue weighted by molar-refractivity contribution is 6.06. The summed E-state index contributed by atoms with van der Waals surface area (Å²) in [5.74, 6) is -1.49. The average molecular weight is 225 g/mol. The summed E-state index contributed by atoms with van der Waals surface area (Å²) in [5.41, 5.74) is 0.411. The minimum atomic E-state index is -0.491. The molecule has 1 rings (SSSR count). The lowest BCUT2D eigenvalue weighted by molar-refractivity contribution is -0.141. The van der Waals surface area contributed by atoms with Crippen LogP contribution in [0, 0.1) is 5.92 Å². The Bertz CT molecular complexity index is 357. The van der Waals surface area contributed by atoms with Crippen molar-refractivity contribution in [2.75, 3.05) is 6.61 Å². The molecule has 1 atom stereocenters. The molecule has 0 saturated carbocycles. The number of aliphatic hydroxyl groups is 1. The molecule has 0 aliphatic carbocycles.